The lowest BCUT2D eigenvalue weighted by Gasteiger charge is -2.12. The molecule has 1 aliphatic heterocycles. The van der Waals surface area contributed by atoms with Gasteiger partial charge in [-0.05, 0) is 47.2 Å². The molecule has 3 aromatic rings. The maximum atomic E-state index is 13.0. The molecule has 1 aromatic heterocycles. The summed E-state index contributed by atoms with van der Waals surface area (Å²) >= 11 is 1.31. The third-order valence-corrected chi connectivity index (χ3v) is 5.26. The molecule has 0 aliphatic carbocycles. The minimum Gasteiger partial charge on any atom is -0.467 e. The van der Waals surface area contributed by atoms with Crippen molar-refractivity contribution in [3.05, 3.63) is 107 Å². The highest BCUT2D eigenvalue weighted by atomic mass is 32.2. The lowest BCUT2D eigenvalue weighted by Crippen LogP contribution is -2.28. The third kappa shape index (κ3) is 5.04. The molecule has 0 saturated carbocycles. The van der Waals surface area contributed by atoms with Crippen LogP contribution in [0.1, 0.15) is 16.9 Å². The summed E-state index contributed by atoms with van der Waals surface area (Å²) in [5.41, 5.74) is 2.04. The summed E-state index contributed by atoms with van der Waals surface area (Å²) in [5.74, 6) is 0.569. The number of furan rings is 1. The molecule has 1 fully saturated rings. The number of rotatable bonds is 6. The Hall–Kier alpha value is -3.64. The molecule has 148 valence electrons. The number of benzene rings is 2. The van der Waals surface area contributed by atoms with E-state index in [1.165, 1.54) is 11.8 Å². The van der Waals surface area contributed by atoms with Gasteiger partial charge in [0.25, 0.3) is 5.91 Å². The van der Waals surface area contributed by atoms with Crippen LogP contribution in [0.15, 0.2) is 105 Å². The molecule has 6 heteroatoms. The number of carbonyl (C=O) groups excluding carboxylic acids is 1. The second kappa shape index (κ2) is 9.71. The SMILES string of the molecule is O=C1/C(=C/c2ccccc2)S/C(=N/N=C/C=C/c2ccccc2)N1Cc1ccco1. The molecule has 0 unspecified atom stereocenters. The molecule has 4 rings (SSSR count). The van der Waals surface area contributed by atoms with E-state index >= 15 is 0 Å². The predicted molar refractivity (Wildman–Crippen MR) is 123 cm³/mol. The molecule has 0 bridgehead atoms. The maximum Gasteiger partial charge on any atom is 0.267 e. The van der Waals surface area contributed by atoms with E-state index in [1.807, 2.05) is 85.0 Å². The van der Waals surface area contributed by atoms with E-state index in [2.05, 4.69) is 10.2 Å². The van der Waals surface area contributed by atoms with Crippen LogP contribution in [0.25, 0.3) is 12.2 Å². The Morgan fingerprint density at radius 3 is 2.37 bits per heavy atom. The predicted octanol–water partition coefficient (Wildman–Crippen LogP) is 5.45. The Morgan fingerprint density at radius 2 is 1.67 bits per heavy atom. The van der Waals surface area contributed by atoms with Gasteiger partial charge in [-0.25, -0.2) is 0 Å². The summed E-state index contributed by atoms with van der Waals surface area (Å²) in [6.07, 6.45) is 8.82. The van der Waals surface area contributed by atoms with Gasteiger partial charge in [-0.15, -0.1) is 5.10 Å². The van der Waals surface area contributed by atoms with Crippen molar-refractivity contribution in [3.8, 4) is 0 Å². The van der Waals surface area contributed by atoms with Crippen LogP contribution in [-0.2, 0) is 11.3 Å². The quantitative estimate of drug-likeness (QED) is 0.307. The largest absolute Gasteiger partial charge is 0.467 e. The van der Waals surface area contributed by atoms with Crippen molar-refractivity contribution in [2.24, 2.45) is 10.2 Å². The lowest BCUT2D eigenvalue weighted by atomic mass is 10.2. The van der Waals surface area contributed by atoms with Gasteiger partial charge in [0.05, 0.1) is 17.7 Å². The van der Waals surface area contributed by atoms with Crippen LogP contribution in [-0.4, -0.2) is 22.2 Å². The van der Waals surface area contributed by atoms with Gasteiger partial charge in [-0.3, -0.25) is 9.69 Å². The molecule has 0 radical (unpaired) electrons. The molecule has 1 amide bonds. The summed E-state index contributed by atoms with van der Waals surface area (Å²) in [5, 5.41) is 8.92. The topological polar surface area (TPSA) is 58.2 Å². The Labute approximate surface area is 179 Å². The van der Waals surface area contributed by atoms with Crippen LogP contribution in [0.5, 0.6) is 0 Å². The molecule has 1 saturated heterocycles. The monoisotopic (exact) mass is 413 g/mol. The van der Waals surface area contributed by atoms with Gasteiger partial charge in [-0.1, -0.05) is 66.7 Å². The molecule has 0 spiro atoms. The fraction of sp³-hybridized carbons (Fsp3) is 0.0417. The van der Waals surface area contributed by atoms with Crippen molar-refractivity contribution in [2.75, 3.05) is 0 Å². The summed E-state index contributed by atoms with van der Waals surface area (Å²) in [6.45, 7) is 0.305. The number of carbonyl (C=O) groups is 1. The molecule has 5 nitrogen and oxygen atoms in total. The maximum absolute atomic E-state index is 13.0. The molecule has 0 N–H and O–H groups in total. The Morgan fingerprint density at radius 1 is 0.933 bits per heavy atom. The fourth-order valence-corrected chi connectivity index (χ4v) is 3.76. The second-order valence-corrected chi connectivity index (χ2v) is 7.42. The van der Waals surface area contributed by atoms with Crippen LogP contribution in [0.3, 0.4) is 0 Å². The van der Waals surface area contributed by atoms with Gasteiger partial charge in [-0.2, -0.15) is 5.10 Å². The molecule has 2 aromatic carbocycles. The molecule has 30 heavy (non-hydrogen) atoms. The van der Waals surface area contributed by atoms with Crippen molar-refractivity contribution >= 4 is 41.2 Å². The number of allylic oxidation sites excluding steroid dienone is 1. The van der Waals surface area contributed by atoms with E-state index in [4.69, 9.17) is 4.42 Å². The van der Waals surface area contributed by atoms with Crippen molar-refractivity contribution < 1.29 is 9.21 Å². The van der Waals surface area contributed by atoms with Gasteiger partial charge in [0, 0.05) is 6.21 Å². The average molecular weight is 414 g/mol. The number of hydrogen-bond acceptors (Lipinski definition) is 5. The lowest BCUT2D eigenvalue weighted by molar-refractivity contribution is -0.122. The van der Waals surface area contributed by atoms with E-state index in [-0.39, 0.29) is 5.91 Å². The van der Waals surface area contributed by atoms with Gasteiger partial charge in [0.1, 0.15) is 5.76 Å². The van der Waals surface area contributed by atoms with Gasteiger partial charge < -0.3 is 4.42 Å². The summed E-state index contributed by atoms with van der Waals surface area (Å²) in [4.78, 5) is 15.1. The van der Waals surface area contributed by atoms with Crippen molar-refractivity contribution in [1.82, 2.24) is 4.90 Å². The first-order valence-electron chi connectivity index (χ1n) is 9.41. The van der Waals surface area contributed by atoms with Crippen molar-refractivity contribution in [3.63, 3.8) is 0 Å². The zero-order valence-corrected chi connectivity index (χ0v) is 16.9. The fourth-order valence-electron chi connectivity index (χ4n) is 2.82. The van der Waals surface area contributed by atoms with Gasteiger partial charge >= 0.3 is 0 Å². The van der Waals surface area contributed by atoms with E-state index < -0.39 is 0 Å². The average Bonchev–Trinajstić information content (AvgIpc) is 3.39. The summed E-state index contributed by atoms with van der Waals surface area (Å²) in [6, 6.07) is 23.3. The van der Waals surface area contributed by atoms with E-state index in [1.54, 1.807) is 23.4 Å². The van der Waals surface area contributed by atoms with Crippen LogP contribution >= 0.6 is 11.8 Å². The van der Waals surface area contributed by atoms with Crippen LogP contribution in [0.4, 0.5) is 0 Å². The van der Waals surface area contributed by atoms with Gasteiger partial charge in [0.15, 0.2) is 5.17 Å². The number of nitrogens with zero attached hydrogens (tertiary/aromatic N) is 3. The molecule has 2 heterocycles. The standard InChI is InChI=1S/C24H19N3O2S/c28-23-22(17-20-11-5-2-6-12-20)30-24(27(23)18-21-14-8-16-29-21)26-25-15-7-13-19-9-3-1-4-10-19/h1-17H,18H2/b13-7+,22-17-,25-15+,26-24+. The van der Waals surface area contributed by atoms with Crippen LogP contribution < -0.4 is 0 Å². The number of amidine groups is 1. The number of amides is 1. The number of thioether (sulfide) groups is 1. The smallest absolute Gasteiger partial charge is 0.267 e. The number of hydrogen-bond donors (Lipinski definition) is 0. The Balaban J connectivity index is 1.54. The van der Waals surface area contributed by atoms with Crippen LogP contribution in [0, 0.1) is 0 Å². The second-order valence-electron chi connectivity index (χ2n) is 6.41. The van der Waals surface area contributed by atoms with E-state index in [0.29, 0.717) is 22.4 Å². The first kappa shape index (κ1) is 19.7. The Kier molecular flexibility index (Phi) is 6.37. The highest BCUT2D eigenvalue weighted by molar-refractivity contribution is 8.18. The van der Waals surface area contributed by atoms with E-state index in [0.717, 1.165) is 11.1 Å². The summed E-state index contributed by atoms with van der Waals surface area (Å²) in [7, 11) is 0. The first-order valence-corrected chi connectivity index (χ1v) is 10.2. The van der Waals surface area contributed by atoms with Gasteiger partial charge in [0.2, 0.25) is 0 Å². The van der Waals surface area contributed by atoms with Crippen molar-refractivity contribution in [2.45, 2.75) is 6.54 Å². The molecular formula is C24H19N3O2S. The van der Waals surface area contributed by atoms with Crippen molar-refractivity contribution in [1.29, 1.82) is 0 Å². The zero-order valence-electron chi connectivity index (χ0n) is 16.1. The summed E-state index contributed by atoms with van der Waals surface area (Å²) < 4.78 is 5.41. The molecule has 0 atom stereocenters. The normalized spacial score (nSPS) is 17.2. The molecular weight excluding hydrogens is 394 g/mol. The highest BCUT2D eigenvalue weighted by Gasteiger charge is 2.34. The minimum atomic E-state index is -0.117. The zero-order chi connectivity index (χ0) is 20.6. The van der Waals surface area contributed by atoms with Crippen LogP contribution in [0.2, 0.25) is 0 Å². The highest BCUT2D eigenvalue weighted by Crippen LogP contribution is 2.33. The Bertz CT molecular complexity index is 1100. The molecule has 1 aliphatic rings. The third-order valence-electron chi connectivity index (χ3n) is 4.26. The minimum absolute atomic E-state index is 0.117. The first-order chi connectivity index (χ1) is 14.8. The van der Waals surface area contributed by atoms with E-state index in [9.17, 15) is 4.79 Å².